The molecule has 0 aliphatic rings. The van der Waals surface area contributed by atoms with Crippen LogP contribution in [0.5, 0.6) is 0 Å². The minimum Gasteiger partial charge on any atom is -0.373 e. The molecule has 0 aromatic heterocycles. The Kier molecular flexibility index (Phi) is 21.6. The second kappa shape index (κ2) is 22.2. The van der Waals surface area contributed by atoms with Gasteiger partial charge >= 0.3 is 80.1 Å². The van der Waals surface area contributed by atoms with Gasteiger partial charge in [-0.2, -0.15) is 110 Å². The average Bonchev–Trinajstić information content (AvgIpc) is 3.15. The van der Waals surface area contributed by atoms with Gasteiger partial charge in [0.05, 0.1) is 5.54 Å². The van der Waals surface area contributed by atoms with Crippen molar-refractivity contribution in [1.82, 2.24) is 0 Å². The van der Waals surface area contributed by atoms with Crippen LogP contribution in [0.15, 0.2) is 0 Å². The van der Waals surface area contributed by atoms with E-state index >= 15 is 26.3 Å². The van der Waals surface area contributed by atoms with Crippen molar-refractivity contribution in [2.24, 2.45) is 0 Å². The van der Waals surface area contributed by atoms with E-state index in [1.54, 1.807) is 0 Å². The standard InChI is InChI=1S/C35H49F25O3Si/c1-5-9-10-11-12-13-14-15-16-17-18-19-20-21-22-23(64(61-6-2,62-7-3)63-8-4)24(36,37)25(38,39)26(40,41)27(42,43)28(44,45)29(46,47)30(48,49)31(50,51)32(52,53)33(54,55)34(56,57)35(58,59)60/h23H,5-22H2,1-4H3. The van der Waals surface area contributed by atoms with Gasteiger partial charge in [0.2, 0.25) is 0 Å². The van der Waals surface area contributed by atoms with Crippen molar-refractivity contribution in [3.63, 3.8) is 0 Å². The zero-order valence-electron chi connectivity index (χ0n) is 34.5. The van der Waals surface area contributed by atoms with E-state index in [0.717, 1.165) is 72.1 Å². The Balaban J connectivity index is 7.07. The minimum absolute atomic E-state index is 0.103. The van der Waals surface area contributed by atoms with E-state index in [9.17, 15) is 83.4 Å². The summed E-state index contributed by atoms with van der Waals surface area (Å²) in [6.45, 7) is 2.11. The summed E-state index contributed by atoms with van der Waals surface area (Å²) in [5.41, 5.74) is -3.77. The quantitative estimate of drug-likeness (QED) is 0.0372. The van der Waals surface area contributed by atoms with E-state index in [1.807, 2.05) is 6.92 Å². The molecule has 3 nitrogen and oxygen atoms in total. The number of halogens is 25. The minimum atomic E-state index is -9.65. The van der Waals surface area contributed by atoms with Crippen molar-refractivity contribution in [3.8, 4) is 0 Å². The molecule has 0 rings (SSSR count). The third-order valence-corrected chi connectivity index (χ3v) is 13.6. The monoisotopic (exact) mass is 1020 g/mol. The van der Waals surface area contributed by atoms with Gasteiger partial charge in [0.15, 0.2) is 0 Å². The smallest absolute Gasteiger partial charge is 0.373 e. The van der Waals surface area contributed by atoms with Gasteiger partial charge in [0, 0.05) is 19.8 Å². The Hall–Kier alpha value is -1.65. The highest BCUT2D eigenvalue weighted by molar-refractivity contribution is 6.62. The molecule has 0 N–H and O–H groups in total. The molecule has 0 aliphatic carbocycles. The number of hydrogen-bond acceptors (Lipinski definition) is 3. The van der Waals surface area contributed by atoms with Crippen LogP contribution in [0.3, 0.4) is 0 Å². The lowest BCUT2D eigenvalue weighted by atomic mass is 9.84. The molecule has 29 heteroatoms. The fourth-order valence-electron chi connectivity index (χ4n) is 6.34. The van der Waals surface area contributed by atoms with Gasteiger partial charge < -0.3 is 13.3 Å². The fraction of sp³-hybridized carbons (Fsp3) is 1.00. The van der Waals surface area contributed by atoms with Gasteiger partial charge in [-0.05, 0) is 27.2 Å². The summed E-state index contributed by atoms with van der Waals surface area (Å²) in [4.78, 5) is 0. The SMILES string of the molecule is CCCCCCCCCCCCCCCCC(C(F)(F)C(F)(F)C(F)(F)C(F)(F)C(F)(F)C(F)(F)C(F)(F)C(F)(F)C(F)(F)C(F)(F)C(F)(F)C(F)(F)F)[Si](OCC)(OCC)OCC. The summed E-state index contributed by atoms with van der Waals surface area (Å²) >= 11 is 0. The maximum atomic E-state index is 16.0. The normalized spacial score (nSPS) is 15.9. The maximum absolute atomic E-state index is 16.0. The van der Waals surface area contributed by atoms with Crippen molar-refractivity contribution in [1.29, 1.82) is 0 Å². The third kappa shape index (κ3) is 11.3. The number of rotatable bonds is 33. The molecule has 0 aliphatic heterocycles. The molecule has 0 aromatic carbocycles. The van der Waals surface area contributed by atoms with Gasteiger partial charge in [-0.25, -0.2) is 0 Å². The Labute approximate surface area is 352 Å². The van der Waals surface area contributed by atoms with Gasteiger partial charge in [0.25, 0.3) is 0 Å². The molecule has 1 atom stereocenters. The fourth-order valence-corrected chi connectivity index (χ4v) is 9.58. The van der Waals surface area contributed by atoms with Gasteiger partial charge in [-0.1, -0.05) is 96.8 Å². The Morgan fingerprint density at radius 3 is 0.750 bits per heavy atom. The molecular formula is C35H49F25O3Si. The van der Waals surface area contributed by atoms with E-state index in [-0.39, 0.29) is 12.8 Å². The van der Waals surface area contributed by atoms with Crippen molar-refractivity contribution in [2.45, 2.75) is 201 Å². The van der Waals surface area contributed by atoms with E-state index in [1.165, 1.54) is 0 Å². The highest BCUT2D eigenvalue weighted by Gasteiger charge is 3.00. The van der Waals surface area contributed by atoms with Crippen molar-refractivity contribution < 1.29 is 123 Å². The third-order valence-electron chi connectivity index (χ3n) is 10.1. The molecule has 0 heterocycles. The molecule has 1 unspecified atom stereocenters. The second-order valence-electron chi connectivity index (χ2n) is 14.7. The molecule has 0 radical (unpaired) electrons. The summed E-state index contributed by atoms with van der Waals surface area (Å²) in [5.74, 6) is -99.2. The summed E-state index contributed by atoms with van der Waals surface area (Å²) in [6.07, 6.45) is -1.25. The van der Waals surface area contributed by atoms with Gasteiger partial charge in [0.1, 0.15) is 0 Å². The number of hydrogen-bond donors (Lipinski definition) is 0. The zero-order valence-corrected chi connectivity index (χ0v) is 35.5. The molecule has 0 spiro atoms. The Bertz CT molecular complexity index is 1370. The van der Waals surface area contributed by atoms with Gasteiger partial charge in [-0.15, -0.1) is 0 Å². The topological polar surface area (TPSA) is 27.7 Å². The molecule has 0 fully saturated rings. The summed E-state index contributed by atoms with van der Waals surface area (Å²) in [5, 5.41) is 0. The molecular weight excluding hydrogens is 971 g/mol. The number of alkyl halides is 25. The molecule has 0 bridgehead atoms. The van der Waals surface area contributed by atoms with Crippen LogP contribution in [0, 0.1) is 0 Å². The Morgan fingerprint density at radius 1 is 0.297 bits per heavy atom. The van der Waals surface area contributed by atoms with Gasteiger partial charge in [-0.3, -0.25) is 0 Å². The van der Waals surface area contributed by atoms with Crippen LogP contribution in [-0.4, -0.2) is 99.9 Å². The van der Waals surface area contributed by atoms with E-state index in [4.69, 9.17) is 13.3 Å². The summed E-state index contributed by atoms with van der Waals surface area (Å²) < 4.78 is 370. The maximum Gasteiger partial charge on any atom is 0.510 e. The molecule has 386 valence electrons. The van der Waals surface area contributed by atoms with Crippen LogP contribution in [0.2, 0.25) is 5.54 Å². The first-order chi connectivity index (χ1) is 28.6. The van der Waals surface area contributed by atoms with Crippen LogP contribution in [0.1, 0.15) is 124 Å². The molecule has 0 aromatic rings. The predicted molar refractivity (Wildman–Crippen MR) is 180 cm³/mol. The summed E-state index contributed by atoms with van der Waals surface area (Å²) in [7, 11) is -5.78. The van der Waals surface area contributed by atoms with Crippen molar-refractivity contribution >= 4 is 8.80 Å². The number of unbranched alkanes of at least 4 members (excludes halogenated alkanes) is 13. The van der Waals surface area contributed by atoms with E-state index in [0.29, 0.717) is 19.3 Å². The molecule has 64 heavy (non-hydrogen) atoms. The van der Waals surface area contributed by atoms with E-state index in [2.05, 4.69) is 0 Å². The first-order valence-electron chi connectivity index (χ1n) is 19.8. The molecule has 0 amide bonds. The predicted octanol–water partition coefficient (Wildman–Crippen LogP) is 15.8. The van der Waals surface area contributed by atoms with Crippen LogP contribution < -0.4 is 0 Å². The Morgan fingerprint density at radius 2 is 0.516 bits per heavy atom. The largest absolute Gasteiger partial charge is 0.510 e. The van der Waals surface area contributed by atoms with Crippen LogP contribution in [-0.2, 0) is 13.3 Å². The first kappa shape index (κ1) is 62.3. The van der Waals surface area contributed by atoms with Crippen LogP contribution in [0.4, 0.5) is 110 Å². The highest BCUT2D eigenvalue weighted by Crippen LogP contribution is 2.69. The van der Waals surface area contributed by atoms with Crippen molar-refractivity contribution in [2.75, 3.05) is 19.8 Å². The first-order valence-corrected chi connectivity index (χ1v) is 21.6. The molecule has 0 saturated carbocycles. The lowest BCUT2D eigenvalue weighted by Crippen LogP contribution is -2.78. The van der Waals surface area contributed by atoms with E-state index < -0.39 is 118 Å². The summed E-state index contributed by atoms with van der Waals surface area (Å²) in [6, 6.07) is 0. The second-order valence-corrected chi connectivity index (χ2v) is 17.5. The van der Waals surface area contributed by atoms with Crippen LogP contribution >= 0.6 is 0 Å². The molecule has 0 saturated heterocycles. The van der Waals surface area contributed by atoms with Crippen LogP contribution in [0.25, 0.3) is 0 Å². The average molecular weight is 1020 g/mol. The lowest BCUT2D eigenvalue weighted by molar-refractivity contribution is -0.482. The lowest BCUT2D eigenvalue weighted by Gasteiger charge is -2.47. The zero-order chi connectivity index (χ0) is 50.9. The highest BCUT2D eigenvalue weighted by atomic mass is 28.4. The van der Waals surface area contributed by atoms with Crippen molar-refractivity contribution in [3.05, 3.63) is 0 Å².